The van der Waals surface area contributed by atoms with E-state index < -0.39 is 0 Å². The normalized spacial score (nSPS) is 10.7. The first-order valence-corrected chi connectivity index (χ1v) is 6.56. The van der Waals surface area contributed by atoms with Crippen LogP contribution in [0.15, 0.2) is 42.7 Å². The van der Waals surface area contributed by atoms with Crippen molar-refractivity contribution in [1.29, 1.82) is 0 Å². The zero-order valence-electron chi connectivity index (χ0n) is 10.9. The fraction of sp³-hybridized carbons (Fsp3) is 0.133. The smallest absolute Gasteiger partial charge is 0.147 e. The highest BCUT2D eigenvalue weighted by atomic mass is 35.5. The van der Waals surface area contributed by atoms with Crippen LogP contribution in [0.2, 0.25) is 5.15 Å². The molecule has 0 unspecified atom stereocenters. The largest absolute Gasteiger partial charge is 0.485 e. The molecule has 0 saturated carbocycles. The van der Waals surface area contributed by atoms with Crippen molar-refractivity contribution < 1.29 is 4.74 Å². The Morgan fingerprint density at radius 1 is 1.10 bits per heavy atom. The molecular formula is C15H12ClN3O. The second kappa shape index (κ2) is 5.43. The highest BCUT2D eigenvalue weighted by Gasteiger charge is 2.05. The summed E-state index contributed by atoms with van der Waals surface area (Å²) in [5.41, 5.74) is 2.54. The monoisotopic (exact) mass is 285 g/mol. The molecule has 0 aliphatic heterocycles. The van der Waals surface area contributed by atoms with Gasteiger partial charge in [-0.2, -0.15) is 0 Å². The average Bonchev–Trinajstić information content (AvgIpc) is 2.47. The molecule has 0 saturated heterocycles. The molecule has 0 aliphatic rings. The van der Waals surface area contributed by atoms with Crippen molar-refractivity contribution in [3.8, 4) is 5.75 Å². The molecule has 100 valence electrons. The van der Waals surface area contributed by atoms with Crippen molar-refractivity contribution in [3.63, 3.8) is 0 Å². The lowest BCUT2D eigenvalue weighted by Crippen LogP contribution is -2.00. The highest BCUT2D eigenvalue weighted by Crippen LogP contribution is 2.24. The third-order valence-electron chi connectivity index (χ3n) is 2.87. The standard InChI is InChI=1S/C15H12ClN3O/c1-10-5-6-11-3-2-4-13(15(11)19-10)20-9-12-7-18-14(16)8-17-12/h2-8H,9H2,1H3. The van der Waals surface area contributed by atoms with E-state index in [0.29, 0.717) is 11.8 Å². The van der Waals surface area contributed by atoms with E-state index in [0.717, 1.165) is 28.0 Å². The van der Waals surface area contributed by atoms with E-state index in [1.54, 1.807) is 6.20 Å². The Bertz CT molecular complexity index is 744. The number of aryl methyl sites for hydroxylation is 1. The van der Waals surface area contributed by atoms with Crippen LogP contribution in [0.5, 0.6) is 5.75 Å². The van der Waals surface area contributed by atoms with E-state index in [1.165, 1.54) is 6.20 Å². The molecule has 2 aromatic heterocycles. The first kappa shape index (κ1) is 12.8. The van der Waals surface area contributed by atoms with Crippen LogP contribution in [0.1, 0.15) is 11.4 Å². The van der Waals surface area contributed by atoms with Gasteiger partial charge in [-0.05, 0) is 19.1 Å². The summed E-state index contributed by atoms with van der Waals surface area (Å²) in [7, 11) is 0. The van der Waals surface area contributed by atoms with E-state index in [4.69, 9.17) is 16.3 Å². The fourth-order valence-electron chi connectivity index (χ4n) is 1.90. The quantitative estimate of drug-likeness (QED) is 0.738. The van der Waals surface area contributed by atoms with Gasteiger partial charge in [0.25, 0.3) is 0 Å². The van der Waals surface area contributed by atoms with Crippen LogP contribution in [-0.2, 0) is 6.61 Å². The summed E-state index contributed by atoms with van der Waals surface area (Å²) in [5, 5.41) is 1.42. The molecule has 20 heavy (non-hydrogen) atoms. The lowest BCUT2D eigenvalue weighted by Gasteiger charge is -2.08. The molecular weight excluding hydrogens is 274 g/mol. The number of ether oxygens (including phenoxy) is 1. The van der Waals surface area contributed by atoms with Gasteiger partial charge in [-0.3, -0.25) is 4.98 Å². The number of hydrogen-bond donors (Lipinski definition) is 0. The first-order chi connectivity index (χ1) is 9.72. The molecule has 0 amide bonds. The van der Waals surface area contributed by atoms with E-state index in [9.17, 15) is 0 Å². The molecule has 2 heterocycles. The van der Waals surface area contributed by atoms with Gasteiger partial charge in [-0.1, -0.05) is 29.8 Å². The lowest BCUT2D eigenvalue weighted by molar-refractivity contribution is 0.304. The third-order valence-corrected chi connectivity index (χ3v) is 3.07. The molecule has 5 heteroatoms. The van der Waals surface area contributed by atoms with Crippen LogP contribution in [0.25, 0.3) is 10.9 Å². The van der Waals surface area contributed by atoms with Crippen molar-refractivity contribution in [2.75, 3.05) is 0 Å². The van der Waals surface area contributed by atoms with Gasteiger partial charge in [0.2, 0.25) is 0 Å². The van der Waals surface area contributed by atoms with Gasteiger partial charge in [-0.25, -0.2) is 9.97 Å². The number of pyridine rings is 1. The van der Waals surface area contributed by atoms with E-state index in [2.05, 4.69) is 15.0 Å². The number of aromatic nitrogens is 3. The number of hydrogen-bond acceptors (Lipinski definition) is 4. The predicted molar refractivity (Wildman–Crippen MR) is 77.9 cm³/mol. The second-order valence-electron chi connectivity index (χ2n) is 4.40. The number of benzene rings is 1. The molecule has 0 atom stereocenters. The maximum absolute atomic E-state index is 5.79. The summed E-state index contributed by atoms with van der Waals surface area (Å²) in [5.74, 6) is 0.739. The van der Waals surface area contributed by atoms with Crippen LogP contribution in [0.4, 0.5) is 0 Å². The molecule has 0 radical (unpaired) electrons. The third kappa shape index (κ3) is 2.70. The molecule has 3 rings (SSSR count). The van der Waals surface area contributed by atoms with Crippen LogP contribution >= 0.6 is 11.6 Å². The van der Waals surface area contributed by atoms with Crippen molar-refractivity contribution >= 4 is 22.5 Å². The summed E-state index contributed by atoms with van der Waals surface area (Å²) in [6.45, 7) is 2.29. The predicted octanol–water partition coefficient (Wildman–Crippen LogP) is 3.57. The number of rotatable bonds is 3. The molecule has 0 bridgehead atoms. The highest BCUT2D eigenvalue weighted by molar-refractivity contribution is 6.29. The van der Waals surface area contributed by atoms with Gasteiger partial charge in [0.1, 0.15) is 23.0 Å². The Morgan fingerprint density at radius 2 is 2.00 bits per heavy atom. The van der Waals surface area contributed by atoms with Gasteiger partial charge in [0.05, 0.1) is 18.1 Å². The van der Waals surface area contributed by atoms with Gasteiger partial charge < -0.3 is 4.74 Å². The van der Waals surface area contributed by atoms with Gasteiger partial charge in [-0.15, -0.1) is 0 Å². The summed E-state index contributed by atoms with van der Waals surface area (Å²) < 4.78 is 5.79. The Hall–Kier alpha value is -2.20. The molecule has 1 aromatic carbocycles. The van der Waals surface area contributed by atoms with E-state index >= 15 is 0 Å². The lowest BCUT2D eigenvalue weighted by atomic mass is 10.2. The molecule has 0 N–H and O–H groups in total. The average molecular weight is 286 g/mol. The van der Waals surface area contributed by atoms with Crippen molar-refractivity contribution in [2.24, 2.45) is 0 Å². The van der Waals surface area contributed by atoms with Crippen molar-refractivity contribution in [2.45, 2.75) is 13.5 Å². The summed E-state index contributed by atoms with van der Waals surface area (Å²) >= 11 is 5.70. The Balaban J connectivity index is 1.87. The molecule has 4 nitrogen and oxygen atoms in total. The fourth-order valence-corrected chi connectivity index (χ4v) is 2.00. The summed E-state index contributed by atoms with van der Waals surface area (Å²) in [4.78, 5) is 12.6. The van der Waals surface area contributed by atoms with Crippen LogP contribution < -0.4 is 4.74 Å². The Kier molecular flexibility index (Phi) is 3.48. The van der Waals surface area contributed by atoms with E-state index in [-0.39, 0.29) is 0 Å². The van der Waals surface area contributed by atoms with Gasteiger partial charge in [0.15, 0.2) is 0 Å². The minimum absolute atomic E-state index is 0.332. The van der Waals surface area contributed by atoms with Crippen LogP contribution in [0, 0.1) is 6.92 Å². The maximum atomic E-state index is 5.79. The maximum Gasteiger partial charge on any atom is 0.147 e. The Morgan fingerprint density at radius 3 is 2.80 bits per heavy atom. The topological polar surface area (TPSA) is 47.9 Å². The molecule has 0 fully saturated rings. The first-order valence-electron chi connectivity index (χ1n) is 6.18. The molecule has 0 spiro atoms. The minimum Gasteiger partial charge on any atom is -0.485 e. The van der Waals surface area contributed by atoms with E-state index in [1.807, 2.05) is 37.3 Å². The molecule has 3 aromatic rings. The van der Waals surface area contributed by atoms with Gasteiger partial charge >= 0.3 is 0 Å². The van der Waals surface area contributed by atoms with Crippen LogP contribution in [-0.4, -0.2) is 15.0 Å². The van der Waals surface area contributed by atoms with Crippen molar-refractivity contribution in [3.05, 3.63) is 59.3 Å². The number of fused-ring (bicyclic) bond motifs is 1. The van der Waals surface area contributed by atoms with Crippen LogP contribution in [0.3, 0.4) is 0 Å². The number of halogens is 1. The van der Waals surface area contributed by atoms with Gasteiger partial charge in [0, 0.05) is 11.1 Å². The van der Waals surface area contributed by atoms with Crippen molar-refractivity contribution in [1.82, 2.24) is 15.0 Å². The second-order valence-corrected chi connectivity index (χ2v) is 4.79. The minimum atomic E-state index is 0.332. The zero-order chi connectivity index (χ0) is 13.9. The SMILES string of the molecule is Cc1ccc2cccc(OCc3cnc(Cl)cn3)c2n1. The summed E-state index contributed by atoms with van der Waals surface area (Å²) in [6, 6.07) is 9.88. The number of para-hydroxylation sites is 1. The number of nitrogens with zero attached hydrogens (tertiary/aromatic N) is 3. The zero-order valence-corrected chi connectivity index (χ0v) is 11.6. The Labute approximate surface area is 121 Å². The summed E-state index contributed by atoms with van der Waals surface area (Å²) in [6.07, 6.45) is 3.11. The molecule has 0 aliphatic carbocycles.